The van der Waals surface area contributed by atoms with Gasteiger partial charge in [0.15, 0.2) is 5.82 Å². The Morgan fingerprint density at radius 2 is 2.06 bits per heavy atom. The van der Waals surface area contributed by atoms with Gasteiger partial charge in [-0.25, -0.2) is 8.78 Å². The molecule has 94 valence electrons. The number of nitrogens with one attached hydrogen (secondary N) is 2. The Morgan fingerprint density at radius 3 is 2.67 bits per heavy atom. The fourth-order valence-corrected chi connectivity index (χ4v) is 2.26. The number of hydrogen-bond donors (Lipinski definition) is 2. The molecule has 3 nitrogen and oxygen atoms in total. The van der Waals surface area contributed by atoms with Crippen molar-refractivity contribution in [1.82, 2.24) is 5.43 Å². The van der Waals surface area contributed by atoms with Crippen molar-refractivity contribution >= 4 is 34.5 Å². The number of amides is 1. The van der Waals surface area contributed by atoms with Crippen LogP contribution < -0.4 is 10.9 Å². The molecule has 0 atom stereocenters. The summed E-state index contributed by atoms with van der Waals surface area (Å²) in [6, 6.07) is 4.56. The van der Waals surface area contributed by atoms with Gasteiger partial charge in [0.2, 0.25) is 0 Å². The summed E-state index contributed by atoms with van der Waals surface area (Å²) in [5.74, 6) is -1.98. The zero-order valence-corrected chi connectivity index (χ0v) is 10.4. The van der Waals surface area contributed by atoms with Crippen LogP contribution in [0.1, 0.15) is 9.67 Å². The Morgan fingerprint density at radius 1 is 1.28 bits per heavy atom. The first kappa shape index (κ1) is 12.8. The van der Waals surface area contributed by atoms with Gasteiger partial charge >= 0.3 is 0 Å². The third-order valence-corrected chi connectivity index (χ3v) is 3.41. The van der Waals surface area contributed by atoms with Crippen LogP contribution in [-0.2, 0) is 0 Å². The van der Waals surface area contributed by atoms with Crippen molar-refractivity contribution in [2.45, 2.75) is 0 Å². The Labute approximate surface area is 110 Å². The van der Waals surface area contributed by atoms with Crippen LogP contribution in [-0.4, -0.2) is 5.91 Å². The summed E-state index contributed by atoms with van der Waals surface area (Å²) < 4.78 is 25.9. The van der Waals surface area contributed by atoms with Crippen LogP contribution in [0.4, 0.5) is 14.5 Å². The fraction of sp³-hybridized carbons (Fsp3) is 0. The topological polar surface area (TPSA) is 41.1 Å². The molecule has 1 heterocycles. The normalized spacial score (nSPS) is 10.2. The number of carbonyl (C=O) groups is 1. The summed E-state index contributed by atoms with van der Waals surface area (Å²) in [5, 5.41) is 1.98. The predicted molar refractivity (Wildman–Crippen MR) is 66.8 cm³/mol. The number of benzene rings is 1. The quantitative estimate of drug-likeness (QED) is 0.850. The summed E-state index contributed by atoms with van der Waals surface area (Å²) in [4.78, 5) is 11.9. The third-order valence-electron chi connectivity index (χ3n) is 2.07. The van der Waals surface area contributed by atoms with E-state index in [0.717, 1.165) is 17.4 Å². The Balaban J connectivity index is 2.04. The van der Waals surface area contributed by atoms with Gasteiger partial charge in [0.05, 0.1) is 10.7 Å². The average molecular weight is 289 g/mol. The van der Waals surface area contributed by atoms with Gasteiger partial charge in [-0.2, -0.15) is 0 Å². The zero-order valence-electron chi connectivity index (χ0n) is 8.84. The van der Waals surface area contributed by atoms with Crippen LogP contribution in [0.3, 0.4) is 0 Å². The highest BCUT2D eigenvalue weighted by Crippen LogP contribution is 2.21. The molecule has 18 heavy (non-hydrogen) atoms. The van der Waals surface area contributed by atoms with Crippen LogP contribution in [0, 0.1) is 11.6 Å². The predicted octanol–water partition coefficient (Wildman–Crippen LogP) is 3.44. The molecule has 0 aliphatic rings. The molecule has 0 aliphatic heterocycles. The standard InChI is InChI=1S/C11H7ClF2N2OS/c12-7-3-4-18-10(7)11(17)16-15-9-2-1-6(13)5-8(9)14/h1-5,15H,(H,16,17). The number of halogens is 3. The molecule has 0 aliphatic carbocycles. The van der Waals surface area contributed by atoms with Crippen molar-refractivity contribution in [1.29, 1.82) is 0 Å². The molecular weight excluding hydrogens is 282 g/mol. The monoisotopic (exact) mass is 288 g/mol. The lowest BCUT2D eigenvalue weighted by Crippen LogP contribution is -2.29. The second kappa shape index (κ2) is 5.32. The van der Waals surface area contributed by atoms with Gasteiger partial charge in [-0.1, -0.05) is 11.6 Å². The van der Waals surface area contributed by atoms with Crippen molar-refractivity contribution in [2.24, 2.45) is 0 Å². The maximum Gasteiger partial charge on any atom is 0.281 e. The van der Waals surface area contributed by atoms with E-state index in [4.69, 9.17) is 11.6 Å². The second-order valence-corrected chi connectivity index (χ2v) is 4.62. The van der Waals surface area contributed by atoms with Gasteiger partial charge in [-0.05, 0) is 23.6 Å². The Kier molecular flexibility index (Phi) is 3.78. The van der Waals surface area contributed by atoms with Gasteiger partial charge in [0, 0.05) is 6.07 Å². The van der Waals surface area contributed by atoms with Crippen molar-refractivity contribution in [3.05, 3.63) is 51.2 Å². The summed E-state index contributed by atoms with van der Waals surface area (Å²) in [6.07, 6.45) is 0. The first-order valence-corrected chi connectivity index (χ1v) is 6.08. The van der Waals surface area contributed by atoms with Crippen molar-refractivity contribution in [3.8, 4) is 0 Å². The van der Waals surface area contributed by atoms with Crippen LogP contribution in [0.5, 0.6) is 0 Å². The highest BCUT2D eigenvalue weighted by molar-refractivity contribution is 7.12. The number of rotatable bonds is 3. The van der Waals surface area contributed by atoms with Gasteiger partial charge in [0.1, 0.15) is 10.7 Å². The van der Waals surface area contributed by atoms with E-state index < -0.39 is 17.5 Å². The number of anilines is 1. The molecule has 2 rings (SSSR count). The van der Waals surface area contributed by atoms with E-state index in [-0.39, 0.29) is 5.69 Å². The second-order valence-electron chi connectivity index (χ2n) is 3.30. The van der Waals surface area contributed by atoms with E-state index in [1.165, 1.54) is 6.07 Å². The molecule has 0 spiro atoms. The Bertz CT molecular complexity index is 588. The molecule has 2 N–H and O–H groups in total. The molecule has 0 fully saturated rings. The van der Waals surface area contributed by atoms with Gasteiger partial charge < -0.3 is 0 Å². The van der Waals surface area contributed by atoms with Crippen molar-refractivity contribution in [3.63, 3.8) is 0 Å². The van der Waals surface area contributed by atoms with Crippen LogP contribution in [0.2, 0.25) is 5.02 Å². The first-order valence-electron chi connectivity index (χ1n) is 4.82. The molecule has 0 radical (unpaired) electrons. The molecule has 0 saturated carbocycles. The van der Waals surface area contributed by atoms with Crippen LogP contribution >= 0.6 is 22.9 Å². The summed E-state index contributed by atoms with van der Waals surface area (Å²) in [5.41, 5.74) is 4.61. The highest BCUT2D eigenvalue weighted by atomic mass is 35.5. The van der Waals surface area contributed by atoms with E-state index >= 15 is 0 Å². The average Bonchev–Trinajstić information content (AvgIpc) is 2.74. The molecule has 1 aromatic carbocycles. The van der Waals surface area contributed by atoms with Crippen LogP contribution in [0.25, 0.3) is 0 Å². The largest absolute Gasteiger partial charge is 0.295 e. The zero-order chi connectivity index (χ0) is 13.1. The number of hydrazine groups is 1. The molecule has 1 amide bonds. The van der Waals surface area contributed by atoms with E-state index in [2.05, 4.69) is 10.9 Å². The molecular formula is C11H7ClF2N2OS. The number of hydrogen-bond acceptors (Lipinski definition) is 3. The van der Waals surface area contributed by atoms with Crippen LogP contribution in [0.15, 0.2) is 29.6 Å². The molecule has 7 heteroatoms. The minimum atomic E-state index is -0.799. The molecule has 2 aromatic rings. The molecule has 0 bridgehead atoms. The third kappa shape index (κ3) is 2.77. The van der Waals surface area contributed by atoms with Crippen molar-refractivity contribution < 1.29 is 13.6 Å². The minimum Gasteiger partial charge on any atom is -0.295 e. The van der Waals surface area contributed by atoms with E-state index in [1.807, 2.05) is 0 Å². The minimum absolute atomic E-state index is 0.0302. The van der Waals surface area contributed by atoms with Crippen molar-refractivity contribution in [2.75, 3.05) is 5.43 Å². The molecule has 0 unspecified atom stereocenters. The molecule has 0 saturated heterocycles. The SMILES string of the molecule is O=C(NNc1ccc(F)cc1F)c1sccc1Cl. The smallest absolute Gasteiger partial charge is 0.281 e. The summed E-state index contributed by atoms with van der Waals surface area (Å²) >= 11 is 6.93. The summed E-state index contributed by atoms with van der Waals surface area (Å²) in [7, 11) is 0. The number of thiophene rings is 1. The van der Waals surface area contributed by atoms with Gasteiger partial charge in [-0.15, -0.1) is 11.3 Å². The lowest BCUT2D eigenvalue weighted by molar-refractivity contribution is 0.0966. The summed E-state index contributed by atoms with van der Waals surface area (Å²) in [6.45, 7) is 0. The number of carbonyl (C=O) groups excluding carboxylic acids is 1. The van der Waals surface area contributed by atoms with E-state index in [9.17, 15) is 13.6 Å². The van der Waals surface area contributed by atoms with Gasteiger partial charge in [0.25, 0.3) is 5.91 Å². The van der Waals surface area contributed by atoms with E-state index in [0.29, 0.717) is 16.0 Å². The first-order chi connectivity index (χ1) is 8.58. The molecule has 1 aromatic heterocycles. The highest BCUT2D eigenvalue weighted by Gasteiger charge is 2.12. The van der Waals surface area contributed by atoms with Gasteiger partial charge in [-0.3, -0.25) is 15.6 Å². The Hall–Kier alpha value is -1.66. The lowest BCUT2D eigenvalue weighted by Gasteiger charge is -2.08. The lowest BCUT2D eigenvalue weighted by atomic mass is 10.3. The fourth-order valence-electron chi connectivity index (χ4n) is 1.23. The van der Waals surface area contributed by atoms with E-state index in [1.54, 1.807) is 11.4 Å². The maximum absolute atomic E-state index is 13.2. The maximum atomic E-state index is 13.2.